The Labute approximate surface area is 61.8 Å². The number of carbonyl (C=O) groups excluding carboxylic acids is 1. The SMILES string of the molecule is C#CC(=O)C(N)CCCC. The van der Waals surface area contributed by atoms with Gasteiger partial charge in [0.2, 0.25) is 5.78 Å². The molecule has 56 valence electrons. The Bertz CT molecular complexity index is 146. The fraction of sp³-hybridized carbons (Fsp3) is 0.625. The maximum Gasteiger partial charge on any atom is 0.221 e. The van der Waals surface area contributed by atoms with E-state index in [1.807, 2.05) is 12.8 Å². The molecule has 0 saturated carbocycles. The molecular formula is C8H13NO. The first-order valence-electron chi connectivity index (χ1n) is 3.48. The van der Waals surface area contributed by atoms with Crippen LogP contribution >= 0.6 is 0 Å². The van der Waals surface area contributed by atoms with Gasteiger partial charge in [-0.3, -0.25) is 4.79 Å². The number of ketones is 1. The summed E-state index contributed by atoms with van der Waals surface area (Å²) in [5, 5.41) is 0. The Hall–Kier alpha value is -0.810. The number of unbranched alkanes of at least 4 members (excludes halogenated alkanes) is 1. The fourth-order valence-corrected chi connectivity index (χ4v) is 0.662. The molecule has 0 saturated heterocycles. The highest BCUT2D eigenvalue weighted by molar-refractivity contribution is 5.98. The van der Waals surface area contributed by atoms with Crippen LogP contribution in [0.1, 0.15) is 26.2 Å². The number of rotatable bonds is 4. The molecule has 0 aromatic heterocycles. The lowest BCUT2D eigenvalue weighted by molar-refractivity contribution is -0.115. The van der Waals surface area contributed by atoms with E-state index in [1.165, 1.54) is 0 Å². The van der Waals surface area contributed by atoms with Crippen LogP contribution in [0.2, 0.25) is 0 Å². The van der Waals surface area contributed by atoms with Crippen molar-refractivity contribution in [2.24, 2.45) is 5.73 Å². The molecule has 0 aliphatic heterocycles. The number of terminal acetylenes is 1. The molecule has 2 heteroatoms. The zero-order chi connectivity index (χ0) is 7.98. The van der Waals surface area contributed by atoms with Crippen LogP contribution in [-0.4, -0.2) is 11.8 Å². The minimum Gasteiger partial charge on any atom is -0.321 e. The van der Waals surface area contributed by atoms with Gasteiger partial charge in [-0.15, -0.1) is 6.42 Å². The van der Waals surface area contributed by atoms with Crippen LogP contribution in [0, 0.1) is 12.3 Å². The van der Waals surface area contributed by atoms with E-state index >= 15 is 0 Å². The van der Waals surface area contributed by atoms with Crippen molar-refractivity contribution in [3.05, 3.63) is 0 Å². The molecule has 0 bridgehead atoms. The second-order valence-electron chi connectivity index (χ2n) is 2.26. The number of hydrogen-bond acceptors (Lipinski definition) is 2. The van der Waals surface area contributed by atoms with Gasteiger partial charge in [-0.25, -0.2) is 0 Å². The third-order valence-corrected chi connectivity index (χ3v) is 1.35. The summed E-state index contributed by atoms with van der Waals surface area (Å²) in [7, 11) is 0. The Balaban J connectivity index is 3.54. The number of nitrogens with two attached hydrogens (primary N) is 1. The zero-order valence-electron chi connectivity index (χ0n) is 6.26. The molecule has 0 fully saturated rings. The van der Waals surface area contributed by atoms with Crippen LogP contribution in [0.4, 0.5) is 0 Å². The van der Waals surface area contributed by atoms with Gasteiger partial charge in [-0.2, -0.15) is 0 Å². The summed E-state index contributed by atoms with van der Waals surface area (Å²) < 4.78 is 0. The van der Waals surface area contributed by atoms with Crippen LogP contribution in [0.3, 0.4) is 0 Å². The third-order valence-electron chi connectivity index (χ3n) is 1.35. The van der Waals surface area contributed by atoms with Crippen molar-refractivity contribution in [1.82, 2.24) is 0 Å². The molecule has 2 N–H and O–H groups in total. The smallest absolute Gasteiger partial charge is 0.221 e. The van der Waals surface area contributed by atoms with Gasteiger partial charge in [0.05, 0.1) is 6.04 Å². The minimum absolute atomic E-state index is 0.284. The average molecular weight is 139 g/mol. The Morgan fingerprint density at radius 1 is 1.80 bits per heavy atom. The summed E-state index contributed by atoms with van der Waals surface area (Å²) in [4.78, 5) is 10.7. The van der Waals surface area contributed by atoms with Crippen LogP contribution < -0.4 is 5.73 Å². The van der Waals surface area contributed by atoms with Crippen molar-refractivity contribution in [3.8, 4) is 12.3 Å². The third kappa shape index (κ3) is 3.26. The van der Waals surface area contributed by atoms with Crippen LogP contribution in [0.5, 0.6) is 0 Å². The van der Waals surface area contributed by atoms with Crippen molar-refractivity contribution in [2.45, 2.75) is 32.2 Å². The van der Waals surface area contributed by atoms with Crippen LogP contribution in [0.15, 0.2) is 0 Å². The number of Topliss-reactive ketones (excluding diaryl/α,β-unsaturated/α-hetero) is 1. The van der Waals surface area contributed by atoms with Crippen molar-refractivity contribution >= 4 is 5.78 Å². The monoisotopic (exact) mass is 139 g/mol. The van der Waals surface area contributed by atoms with Crippen molar-refractivity contribution in [2.75, 3.05) is 0 Å². The van der Waals surface area contributed by atoms with Crippen molar-refractivity contribution < 1.29 is 4.79 Å². The molecule has 0 aliphatic carbocycles. The Morgan fingerprint density at radius 3 is 2.80 bits per heavy atom. The average Bonchev–Trinajstić information content (AvgIpc) is 1.98. The van der Waals surface area contributed by atoms with E-state index in [4.69, 9.17) is 12.2 Å². The normalized spacial score (nSPS) is 12.1. The van der Waals surface area contributed by atoms with Gasteiger partial charge < -0.3 is 5.73 Å². The summed E-state index contributed by atoms with van der Waals surface area (Å²) in [5.41, 5.74) is 5.42. The van der Waals surface area contributed by atoms with Crippen molar-refractivity contribution in [3.63, 3.8) is 0 Å². The van der Waals surface area contributed by atoms with E-state index < -0.39 is 6.04 Å². The summed E-state index contributed by atoms with van der Waals surface area (Å²) in [6.07, 6.45) is 7.59. The quantitative estimate of drug-likeness (QED) is 0.460. The van der Waals surface area contributed by atoms with E-state index in [-0.39, 0.29) is 5.78 Å². The number of hydrogen-bond donors (Lipinski definition) is 1. The first-order valence-corrected chi connectivity index (χ1v) is 3.48. The maximum absolute atomic E-state index is 10.7. The molecular weight excluding hydrogens is 126 g/mol. The van der Waals surface area contributed by atoms with Gasteiger partial charge in [0.15, 0.2) is 0 Å². The summed E-state index contributed by atoms with van der Waals surface area (Å²) in [6.45, 7) is 2.05. The molecule has 0 spiro atoms. The highest BCUT2D eigenvalue weighted by Gasteiger charge is 2.08. The topological polar surface area (TPSA) is 43.1 Å². The molecule has 0 aromatic rings. The van der Waals surface area contributed by atoms with Crippen LogP contribution in [-0.2, 0) is 4.79 Å². The predicted octanol–water partition coefficient (Wildman–Crippen LogP) is 0.706. The molecule has 2 nitrogen and oxygen atoms in total. The minimum atomic E-state index is -0.440. The first-order chi connectivity index (χ1) is 4.72. The summed E-state index contributed by atoms with van der Waals surface area (Å²) in [6, 6.07) is -0.440. The first kappa shape index (κ1) is 9.19. The van der Waals surface area contributed by atoms with E-state index in [0.717, 1.165) is 12.8 Å². The molecule has 0 aliphatic rings. The van der Waals surface area contributed by atoms with Gasteiger partial charge in [0.25, 0.3) is 0 Å². The molecule has 0 amide bonds. The van der Waals surface area contributed by atoms with Crippen molar-refractivity contribution in [1.29, 1.82) is 0 Å². The molecule has 1 atom stereocenters. The lowest BCUT2D eigenvalue weighted by Crippen LogP contribution is -2.28. The Morgan fingerprint density at radius 2 is 2.40 bits per heavy atom. The lowest BCUT2D eigenvalue weighted by atomic mass is 10.1. The summed E-state index contributed by atoms with van der Waals surface area (Å²) in [5.74, 6) is 1.73. The van der Waals surface area contributed by atoms with Crippen LogP contribution in [0.25, 0.3) is 0 Å². The summed E-state index contributed by atoms with van der Waals surface area (Å²) >= 11 is 0. The maximum atomic E-state index is 10.7. The second kappa shape index (κ2) is 5.01. The largest absolute Gasteiger partial charge is 0.321 e. The second-order valence-corrected chi connectivity index (χ2v) is 2.26. The van der Waals surface area contributed by atoms with E-state index in [9.17, 15) is 4.79 Å². The molecule has 1 unspecified atom stereocenters. The predicted molar refractivity (Wildman–Crippen MR) is 41.3 cm³/mol. The number of carbonyl (C=O) groups is 1. The molecule has 10 heavy (non-hydrogen) atoms. The fourth-order valence-electron chi connectivity index (χ4n) is 0.662. The molecule has 0 heterocycles. The van der Waals surface area contributed by atoms with Gasteiger partial charge in [0, 0.05) is 0 Å². The van der Waals surface area contributed by atoms with E-state index in [1.54, 1.807) is 0 Å². The Kier molecular flexibility index (Phi) is 4.61. The lowest BCUT2D eigenvalue weighted by Gasteiger charge is -2.03. The van der Waals surface area contributed by atoms with Gasteiger partial charge in [-0.05, 0) is 12.3 Å². The highest BCUT2D eigenvalue weighted by Crippen LogP contribution is 1.97. The zero-order valence-corrected chi connectivity index (χ0v) is 6.26. The van der Waals surface area contributed by atoms with E-state index in [0.29, 0.717) is 6.42 Å². The highest BCUT2D eigenvalue weighted by atomic mass is 16.1. The van der Waals surface area contributed by atoms with Gasteiger partial charge in [-0.1, -0.05) is 19.8 Å². The molecule has 0 rings (SSSR count). The van der Waals surface area contributed by atoms with Gasteiger partial charge >= 0.3 is 0 Å². The molecule has 0 aromatic carbocycles. The van der Waals surface area contributed by atoms with E-state index in [2.05, 4.69) is 0 Å². The molecule has 0 radical (unpaired) electrons. The standard InChI is InChI=1S/C8H13NO/c1-3-5-6-7(9)8(10)4-2/h2,7H,3,5-6,9H2,1H3. The van der Waals surface area contributed by atoms with Gasteiger partial charge in [0.1, 0.15) is 0 Å².